The third-order valence-electron chi connectivity index (χ3n) is 3.84. The maximum atomic E-state index is 13.3. The van der Waals surface area contributed by atoms with Gasteiger partial charge in [-0.3, -0.25) is 19.5 Å². The van der Waals surface area contributed by atoms with Crippen molar-refractivity contribution in [3.8, 4) is 0 Å². The quantitative estimate of drug-likeness (QED) is 0.756. The lowest BCUT2D eigenvalue weighted by Gasteiger charge is -2.25. The number of benzene rings is 1. The van der Waals surface area contributed by atoms with Gasteiger partial charge in [0.05, 0.1) is 17.9 Å². The summed E-state index contributed by atoms with van der Waals surface area (Å²) in [6.45, 7) is 9.29. The summed E-state index contributed by atoms with van der Waals surface area (Å²) in [5.41, 5.74) is 3.26. The highest BCUT2D eigenvalue weighted by molar-refractivity contribution is 6.11. The Hall–Kier alpha value is -2.95. The Kier molecular flexibility index (Phi) is 6.06. The SMILES string of the molecule is C=Cc1nccc(C)c1C(=O)N(CC(=O)OCC)c1ccccc1C. The van der Waals surface area contributed by atoms with Crippen molar-refractivity contribution in [3.05, 3.63) is 65.5 Å². The van der Waals surface area contributed by atoms with E-state index in [2.05, 4.69) is 11.6 Å². The minimum Gasteiger partial charge on any atom is -0.465 e. The van der Waals surface area contributed by atoms with Crippen LogP contribution < -0.4 is 4.90 Å². The first-order chi connectivity index (χ1) is 12.0. The number of amides is 1. The van der Waals surface area contributed by atoms with Gasteiger partial charge in [-0.05, 0) is 50.1 Å². The van der Waals surface area contributed by atoms with Gasteiger partial charge in [0.15, 0.2) is 0 Å². The topological polar surface area (TPSA) is 59.5 Å². The molecule has 1 aromatic carbocycles. The van der Waals surface area contributed by atoms with Gasteiger partial charge in [0, 0.05) is 11.9 Å². The van der Waals surface area contributed by atoms with Crippen LogP contribution in [0.25, 0.3) is 6.08 Å². The van der Waals surface area contributed by atoms with Crippen LogP contribution in [0.5, 0.6) is 0 Å². The highest BCUT2D eigenvalue weighted by Crippen LogP contribution is 2.24. The molecule has 1 amide bonds. The van der Waals surface area contributed by atoms with Crippen LogP contribution in [0.15, 0.2) is 43.1 Å². The van der Waals surface area contributed by atoms with E-state index in [1.54, 1.807) is 25.3 Å². The van der Waals surface area contributed by atoms with Crippen LogP contribution >= 0.6 is 0 Å². The average molecular weight is 338 g/mol. The van der Waals surface area contributed by atoms with Crippen molar-refractivity contribution < 1.29 is 14.3 Å². The van der Waals surface area contributed by atoms with E-state index in [4.69, 9.17) is 4.74 Å². The number of hydrogen-bond acceptors (Lipinski definition) is 4. The molecule has 0 radical (unpaired) electrons. The zero-order chi connectivity index (χ0) is 18.4. The van der Waals surface area contributed by atoms with Gasteiger partial charge < -0.3 is 4.74 Å². The second-order valence-electron chi connectivity index (χ2n) is 5.58. The van der Waals surface area contributed by atoms with Gasteiger partial charge in [0.25, 0.3) is 5.91 Å². The summed E-state index contributed by atoms with van der Waals surface area (Å²) in [4.78, 5) is 31.0. The molecule has 0 unspecified atom stereocenters. The molecular weight excluding hydrogens is 316 g/mol. The molecule has 0 aliphatic rings. The summed E-state index contributed by atoms with van der Waals surface area (Å²) in [7, 11) is 0. The Morgan fingerprint density at radius 2 is 1.92 bits per heavy atom. The summed E-state index contributed by atoms with van der Waals surface area (Å²) in [5.74, 6) is -0.761. The van der Waals surface area contributed by atoms with E-state index >= 15 is 0 Å². The van der Waals surface area contributed by atoms with E-state index in [-0.39, 0.29) is 19.1 Å². The first-order valence-corrected chi connectivity index (χ1v) is 8.10. The third kappa shape index (κ3) is 4.12. The number of ether oxygens (including phenoxy) is 1. The molecule has 0 aliphatic carbocycles. The van der Waals surface area contributed by atoms with Crippen LogP contribution in [0.2, 0.25) is 0 Å². The molecular formula is C20H22N2O3. The van der Waals surface area contributed by atoms with Crippen molar-refractivity contribution in [1.82, 2.24) is 4.98 Å². The molecule has 5 nitrogen and oxygen atoms in total. The molecule has 25 heavy (non-hydrogen) atoms. The van der Waals surface area contributed by atoms with Gasteiger partial charge in [-0.25, -0.2) is 0 Å². The summed E-state index contributed by atoms with van der Waals surface area (Å²) < 4.78 is 5.04. The van der Waals surface area contributed by atoms with E-state index in [0.29, 0.717) is 16.9 Å². The number of aromatic nitrogens is 1. The van der Waals surface area contributed by atoms with Crippen LogP contribution in [-0.4, -0.2) is 30.0 Å². The maximum Gasteiger partial charge on any atom is 0.326 e. The van der Waals surface area contributed by atoms with Gasteiger partial charge >= 0.3 is 5.97 Å². The fourth-order valence-electron chi connectivity index (χ4n) is 2.62. The molecule has 0 N–H and O–H groups in total. The smallest absolute Gasteiger partial charge is 0.326 e. The number of nitrogens with zero attached hydrogens (tertiary/aromatic N) is 2. The first kappa shape index (κ1) is 18.4. The number of aryl methyl sites for hydroxylation is 2. The number of anilines is 1. The number of rotatable bonds is 6. The van der Waals surface area contributed by atoms with E-state index in [0.717, 1.165) is 11.1 Å². The van der Waals surface area contributed by atoms with Crippen molar-refractivity contribution in [1.29, 1.82) is 0 Å². The summed E-state index contributed by atoms with van der Waals surface area (Å²) >= 11 is 0. The number of carbonyl (C=O) groups is 2. The van der Waals surface area contributed by atoms with Gasteiger partial charge in [0.1, 0.15) is 6.54 Å². The highest BCUT2D eigenvalue weighted by atomic mass is 16.5. The van der Waals surface area contributed by atoms with Crippen molar-refractivity contribution in [2.45, 2.75) is 20.8 Å². The van der Waals surface area contributed by atoms with Crippen LogP contribution in [-0.2, 0) is 9.53 Å². The first-order valence-electron chi connectivity index (χ1n) is 8.10. The van der Waals surface area contributed by atoms with Crippen molar-refractivity contribution >= 4 is 23.6 Å². The normalized spacial score (nSPS) is 10.2. The number of pyridine rings is 1. The summed E-state index contributed by atoms with van der Waals surface area (Å²) in [5, 5.41) is 0. The fourth-order valence-corrected chi connectivity index (χ4v) is 2.62. The van der Waals surface area contributed by atoms with E-state index in [1.807, 2.05) is 38.1 Å². The lowest BCUT2D eigenvalue weighted by molar-refractivity contribution is -0.141. The summed E-state index contributed by atoms with van der Waals surface area (Å²) in [6, 6.07) is 9.19. The van der Waals surface area contributed by atoms with E-state index in [9.17, 15) is 9.59 Å². The predicted octanol–water partition coefficient (Wildman–Crippen LogP) is 3.55. The largest absolute Gasteiger partial charge is 0.465 e. The standard InChI is InChI=1S/C20H22N2O3/c1-5-16-19(15(4)11-12-21-16)20(24)22(13-18(23)25-6-2)17-10-8-7-9-14(17)3/h5,7-12H,1,6,13H2,2-4H3. The zero-order valence-corrected chi connectivity index (χ0v) is 14.8. The van der Waals surface area contributed by atoms with Gasteiger partial charge in [-0.15, -0.1) is 0 Å². The molecule has 0 fully saturated rings. The van der Waals surface area contributed by atoms with Crippen LogP contribution in [0.4, 0.5) is 5.69 Å². The van der Waals surface area contributed by atoms with Crippen LogP contribution in [0.1, 0.15) is 34.1 Å². The van der Waals surface area contributed by atoms with Crippen molar-refractivity contribution in [2.24, 2.45) is 0 Å². The number of hydrogen-bond donors (Lipinski definition) is 0. The monoisotopic (exact) mass is 338 g/mol. The second-order valence-corrected chi connectivity index (χ2v) is 5.58. The second kappa shape index (κ2) is 8.24. The molecule has 2 rings (SSSR count). The molecule has 0 atom stereocenters. The van der Waals surface area contributed by atoms with Crippen LogP contribution in [0, 0.1) is 13.8 Å². The van der Waals surface area contributed by atoms with Gasteiger partial charge in [-0.1, -0.05) is 24.8 Å². The maximum absolute atomic E-state index is 13.3. The van der Waals surface area contributed by atoms with Gasteiger partial charge in [-0.2, -0.15) is 0 Å². The molecule has 2 aromatic rings. The molecule has 5 heteroatoms. The predicted molar refractivity (Wildman–Crippen MR) is 98.6 cm³/mol. The third-order valence-corrected chi connectivity index (χ3v) is 3.84. The fraction of sp³-hybridized carbons (Fsp3) is 0.250. The Morgan fingerprint density at radius 3 is 2.56 bits per heavy atom. The Balaban J connectivity index is 2.52. The lowest BCUT2D eigenvalue weighted by atomic mass is 10.0. The van der Waals surface area contributed by atoms with Crippen molar-refractivity contribution in [3.63, 3.8) is 0 Å². The molecule has 0 bridgehead atoms. The molecule has 1 aromatic heterocycles. The molecule has 1 heterocycles. The Labute approximate surface area is 147 Å². The van der Waals surface area contributed by atoms with E-state index in [1.165, 1.54) is 4.90 Å². The Bertz CT molecular complexity index is 799. The molecule has 130 valence electrons. The number of esters is 1. The zero-order valence-electron chi connectivity index (χ0n) is 14.8. The molecule has 0 saturated carbocycles. The number of para-hydroxylation sites is 1. The molecule has 0 spiro atoms. The van der Waals surface area contributed by atoms with E-state index < -0.39 is 5.97 Å². The lowest BCUT2D eigenvalue weighted by Crippen LogP contribution is -2.38. The molecule has 0 saturated heterocycles. The van der Waals surface area contributed by atoms with Gasteiger partial charge in [0.2, 0.25) is 0 Å². The van der Waals surface area contributed by atoms with Crippen LogP contribution in [0.3, 0.4) is 0 Å². The summed E-state index contributed by atoms with van der Waals surface area (Å²) in [6.07, 6.45) is 3.17. The Morgan fingerprint density at radius 1 is 1.20 bits per heavy atom. The molecule has 0 aliphatic heterocycles. The average Bonchev–Trinajstić information content (AvgIpc) is 2.60. The highest BCUT2D eigenvalue weighted by Gasteiger charge is 2.25. The van der Waals surface area contributed by atoms with Crippen molar-refractivity contribution in [2.75, 3.05) is 18.1 Å². The minimum absolute atomic E-state index is 0.164. The number of carbonyl (C=O) groups excluding carboxylic acids is 2. The minimum atomic E-state index is -0.458.